The number of carbonyl (C=O) groups excluding carboxylic acids is 1. The van der Waals surface area contributed by atoms with E-state index in [2.05, 4.69) is 22.2 Å². The first kappa shape index (κ1) is 23.6. The molecular formula is C26H28N2O5S. The Morgan fingerprint density at radius 2 is 1.62 bits per heavy atom. The van der Waals surface area contributed by atoms with Crippen molar-refractivity contribution in [2.75, 3.05) is 17.9 Å². The lowest BCUT2D eigenvalue weighted by Crippen LogP contribution is -2.34. The molecule has 0 heterocycles. The van der Waals surface area contributed by atoms with E-state index in [4.69, 9.17) is 9.47 Å². The van der Waals surface area contributed by atoms with Gasteiger partial charge in [0.2, 0.25) is 0 Å². The van der Waals surface area contributed by atoms with Gasteiger partial charge in [-0.3, -0.25) is 9.52 Å². The van der Waals surface area contributed by atoms with Crippen LogP contribution in [0.25, 0.3) is 0 Å². The van der Waals surface area contributed by atoms with Crippen LogP contribution < -0.4 is 19.5 Å². The van der Waals surface area contributed by atoms with Crippen molar-refractivity contribution in [2.45, 2.75) is 37.1 Å². The maximum absolute atomic E-state index is 12.7. The van der Waals surface area contributed by atoms with Crippen LogP contribution in [0.5, 0.6) is 11.5 Å². The zero-order valence-electron chi connectivity index (χ0n) is 19.0. The van der Waals surface area contributed by atoms with Gasteiger partial charge in [-0.05, 0) is 85.8 Å². The van der Waals surface area contributed by atoms with Gasteiger partial charge in [-0.15, -0.1) is 0 Å². The highest BCUT2D eigenvalue weighted by molar-refractivity contribution is 7.92. The zero-order chi connectivity index (χ0) is 24.0. The number of fused-ring (bicyclic) bond motifs is 1. The minimum absolute atomic E-state index is 0.0118. The molecule has 0 bridgehead atoms. The number of anilines is 1. The summed E-state index contributed by atoms with van der Waals surface area (Å²) in [6.07, 6.45) is 2.96. The van der Waals surface area contributed by atoms with Gasteiger partial charge in [0, 0.05) is 5.69 Å². The molecule has 1 unspecified atom stereocenters. The third kappa shape index (κ3) is 5.88. The fourth-order valence-corrected chi connectivity index (χ4v) is 5.06. The van der Waals surface area contributed by atoms with Crippen molar-refractivity contribution in [3.8, 4) is 11.5 Å². The van der Waals surface area contributed by atoms with Gasteiger partial charge < -0.3 is 14.8 Å². The Hall–Kier alpha value is -3.52. The largest absolute Gasteiger partial charge is 0.494 e. The Morgan fingerprint density at radius 1 is 0.941 bits per heavy atom. The molecule has 0 spiro atoms. The van der Waals surface area contributed by atoms with Crippen LogP contribution in [0.3, 0.4) is 0 Å². The fourth-order valence-electron chi connectivity index (χ4n) is 4.00. The van der Waals surface area contributed by atoms with E-state index in [0.717, 1.165) is 24.8 Å². The molecule has 3 aromatic rings. The standard InChI is InChI=1S/C26H28N2O5S/c1-2-32-21-12-10-20(11-13-21)28-34(30,31)23-16-14-22(15-17-23)33-18-26(29)27-25-9-5-7-19-6-3-4-8-24(19)25/h3-4,6,8,10-17,25,28H,2,5,7,9,18H2,1H3,(H,27,29). The minimum Gasteiger partial charge on any atom is -0.494 e. The lowest BCUT2D eigenvalue weighted by atomic mass is 9.88. The third-order valence-electron chi connectivity index (χ3n) is 5.63. The van der Waals surface area contributed by atoms with Gasteiger partial charge in [-0.25, -0.2) is 8.42 Å². The number of sulfonamides is 1. The molecule has 34 heavy (non-hydrogen) atoms. The molecule has 178 valence electrons. The van der Waals surface area contributed by atoms with Crippen LogP contribution in [0.15, 0.2) is 77.7 Å². The van der Waals surface area contributed by atoms with Crippen molar-refractivity contribution in [1.29, 1.82) is 0 Å². The quantitative estimate of drug-likeness (QED) is 0.472. The van der Waals surface area contributed by atoms with Gasteiger partial charge in [-0.2, -0.15) is 0 Å². The van der Waals surface area contributed by atoms with Crippen LogP contribution >= 0.6 is 0 Å². The second-order valence-electron chi connectivity index (χ2n) is 8.03. The topological polar surface area (TPSA) is 93.7 Å². The molecule has 3 aromatic carbocycles. The van der Waals surface area contributed by atoms with E-state index in [9.17, 15) is 13.2 Å². The third-order valence-corrected chi connectivity index (χ3v) is 7.02. The van der Waals surface area contributed by atoms with Gasteiger partial charge in [-0.1, -0.05) is 24.3 Å². The number of nitrogens with one attached hydrogen (secondary N) is 2. The number of ether oxygens (including phenoxy) is 2. The highest BCUT2D eigenvalue weighted by atomic mass is 32.2. The molecule has 2 N–H and O–H groups in total. The number of hydrogen-bond donors (Lipinski definition) is 2. The van der Waals surface area contributed by atoms with Crippen molar-refractivity contribution in [3.05, 3.63) is 83.9 Å². The van der Waals surface area contributed by atoms with Crippen molar-refractivity contribution < 1.29 is 22.7 Å². The number of aryl methyl sites for hydroxylation is 1. The van der Waals surface area contributed by atoms with Crippen LogP contribution in [-0.2, 0) is 21.2 Å². The lowest BCUT2D eigenvalue weighted by Gasteiger charge is -2.26. The predicted octanol–water partition coefficient (Wildman–Crippen LogP) is 4.46. The first-order chi connectivity index (χ1) is 16.4. The van der Waals surface area contributed by atoms with E-state index in [0.29, 0.717) is 23.8 Å². The number of rotatable bonds is 9. The Kier molecular flexibility index (Phi) is 7.37. The van der Waals surface area contributed by atoms with E-state index in [1.54, 1.807) is 24.3 Å². The molecule has 1 atom stereocenters. The number of hydrogen-bond acceptors (Lipinski definition) is 5. The second-order valence-corrected chi connectivity index (χ2v) is 9.72. The van der Waals surface area contributed by atoms with Gasteiger partial charge in [0.15, 0.2) is 6.61 Å². The SMILES string of the molecule is CCOc1ccc(NS(=O)(=O)c2ccc(OCC(=O)NC3CCCc4ccccc43)cc2)cc1. The highest BCUT2D eigenvalue weighted by Crippen LogP contribution is 2.29. The molecule has 0 fully saturated rings. The van der Waals surface area contributed by atoms with Crippen molar-refractivity contribution >= 4 is 21.6 Å². The zero-order valence-corrected chi connectivity index (χ0v) is 19.8. The maximum atomic E-state index is 12.7. The Bertz CT molecular complexity index is 1220. The summed E-state index contributed by atoms with van der Waals surface area (Å²) >= 11 is 0. The predicted molar refractivity (Wildman–Crippen MR) is 131 cm³/mol. The van der Waals surface area contributed by atoms with Gasteiger partial charge in [0.25, 0.3) is 15.9 Å². The summed E-state index contributed by atoms with van der Waals surface area (Å²) in [4.78, 5) is 12.5. The Morgan fingerprint density at radius 3 is 2.35 bits per heavy atom. The molecule has 4 rings (SSSR count). The smallest absolute Gasteiger partial charge is 0.261 e. The Labute approximate surface area is 200 Å². The molecule has 0 aliphatic heterocycles. The molecule has 0 saturated heterocycles. The van der Waals surface area contributed by atoms with Crippen LogP contribution in [0.4, 0.5) is 5.69 Å². The normalized spacial score (nSPS) is 15.1. The summed E-state index contributed by atoms with van der Waals surface area (Å²) in [7, 11) is -3.76. The summed E-state index contributed by atoms with van der Waals surface area (Å²) in [6.45, 7) is 2.27. The summed E-state index contributed by atoms with van der Waals surface area (Å²) < 4.78 is 38.8. The molecule has 7 nitrogen and oxygen atoms in total. The second kappa shape index (κ2) is 10.6. The summed E-state index contributed by atoms with van der Waals surface area (Å²) in [5.74, 6) is 0.874. The van der Waals surface area contributed by atoms with E-state index in [-0.39, 0.29) is 23.5 Å². The van der Waals surface area contributed by atoms with Gasteiger partial charge >= 0.3 is 0 Å². The summed E-state index contributed by atoms with van der Waals surface area (Å²) in [5, 5.41) is 3.04. The molecule has 8 heteroatoms. The van der Waals surface area contributed by atoms with E-state index in [1.807, 2.05) is 19.1 Å². The number of carbonyl (C=O) groups is 1. The van der Waals surface area contributed by atoms with Gasteiger partial charge in [0.1, 0.15) is 11.5 Å². The van der Waals surface area contributed by atoms with E-state index in [1.165, 1.54) is 29.8 Å². The van der Waals surface area contributed by atoms with Gasteiger partial charge in [0.05, 0.1) is 17.5 Å². The molecule has 0 saturated carbocycles. The van der Waals surface area contributed by atoms with Crippen molar-refractivity contribution in [3.63, 3.8) is 0 Å². The first-order valence-electron chi connectivity index (χ1n) is 11.3. The average molecular weight is 481 g/mol. The van der Waals surface area contributed by atoms with E-state index >= 15 is 0 Å². The molecular weight excluding hydrogens is 452 g/mol. The molecule has 1 amide bonds. The van der Waals surface area contributed by atoms with Crippen molar-refractivity contribution in [2.24, 2.45) is 0 Å². The summed E-state index contributed by atoms with van der Waals surface area (Å²) in [6, 6.07) is 20.8. The highest BCUT2D eigenvalue weighted by Gasteiger charge is 2.21. The minimum atomic E-state index is -3.76. The van der Waals surface area contributed by atoms with Crippen molar-refractivity contribution in [1.82, 2.24) is 5.32 Å². The fraction of sp³-hybridized carbons (Fsp3) is 0.269. The Balaban J connectivity index is 1.31. The van der Waals surface area contributed by atoms with Crippen LogP contribution in [-0.4, -0.2) is 27.5 Å². The number of amides is 1. The van der Waals surface area contributed by atoms with Crippen LogP contribution in [0, 0.1) is 0 Å². The molecule has 1 aliphatic rings. The molecule has 1 aliphatic carbocycles. The lowest BCUT2D eigenvalue weighted by molar-refractivity contribution is -0.124. The van der Waals surface area contributed by atoms with Crippen LogP contribution in [0.1, 0.15) is 36.9 Å². The molecule has 0 radical (unpaired) electrons. The monoisotopic (exact) mass is 480 g/mol. The maximum Gasteiger partial charge on any atom is 0.261 e. The summed E-state index contributed by atoms with van der Waals surface area (Å²) in [5.41, 5.74) is 2.87. The molecule has 0 aromatic heterocycles. The van der Waals surface area contributed by atoms with E-state index < -0.39 is 10.0 Å². The average Bonchev–Trinajstić information content (AvgIpc) is 2.84. The first-order valence-corrected chi connectivity index (χ1v) is 12.8. The number of benzene rings is 3. The van der Waals surface area contributed by atoms with Crippen LogP contribution in [0.2, 0.25) is 0 Å².